The molecule has 0 aliphatic heterocycles. The molecule has 14 heavy (non-hydrogen) atoms. The van der Waals surface area contributed by atoms with Crippen molar-refractivity contribution in [2.24, 2.45) is 0 Å². The van der Waals surface area contributed by atoms with Crippen LogP contribution in [0.4, 0.5) is 0 Å². The van der Waals surface area contributed by atoms with E-state index in [0.717, 1.165) is 28.4 Å². The highest BCUT2D eigenvalue weighted by atomic mass is 79.9. The van der Waals surface area contributed by atoms with Crippen molar-refractivity contribution in [3.05, 3.63) is 33.8 Å². The van der Waals surface area contributed by atoms with E-state index in [1.807, 2.05) is 18.2 Å². The molecule has 1 aromatic rings. The van der Waals surface area contributed by atoms with Crippen molar-refractivity contribution in [1.29, 1.82) is 0 Å². The fourth-order valence-corrected chi connectivity index (χ4v) is 2.01. The predicted octanol–water partition coefficient (Wildman–Crippen LogP) is 2.58. The van der Waals surface area contributed by atoms with Crippen LogP contribution in [0.3, 0.4) is 0 Å². The smallest absolute Gasteiger partial charge is 0.0902 e. The molecule has 3 heteroatoms. The van der Waals surface area contributed by atoms with Crippen LogP contribution in [0.1, 0.15) is 24.0 Å². The number of methoxy groups -OCH3 is 1. The number of benzene rings is 1. The Bertz CT molecular complexity index is 345. The van der Waals surface area contributed by atoms with Gasteiger partial charge in [0, 0.05) is 11.6 Å². The third-order valence-electron chi connectivity index (χ3n) is 2.60. The van der Waals surface area contributed by atoms with Crippen molar-refractivity contribution in [3.63, 3.8) is 0 Å². The summed E-state index contributed by atoms with van der Waals surface area (Å²) in [7, 11) is 1.67. The van der Waals surface area contributed by atoms with Crippen molar-refractivity contribution in [2.75, 3.05) is 7.11 Å². The summed E-state index contributed by atoms with van der Waals surface area (Å²) >= 11 is 3.42. The van der Waals surface area contributed by atoms with Gasteiger partial charge in [0.1, 0.15) is 0 Å². The lowest BCUT2D eigenvalue weighted by atomic mass is 10.0. The second-order valence-corrected chi connectivity index (χ2v) is 4.68. The van der Waals surface area contributed by atoms with Crippen molar-refractivity contribution in [1.82, 2.24) is 0 Å². The second-order valence-electron chi connectivity index (χ2n) is 3.77. The Labute approximate surface area is 92.0 Å². The van der Waals surface area contributed by atoms with Gasteiger partial charge in [-0.1, -0.05) is 22.0 Å². The van der Waals surface area contributed by atoms with Gasteiger partial charge in [-0.25, -0.2) is 0 Å². The van der Waals surface area contributed by atoms with Crippen LogP contribution in [0.5, 0.6) is 0 Å². The maximum atomic E-state index is 10.1. The number of ether oxygens (including phenoxy) is 1. The van der Waals surface area contributed by atoms with Crippen LogP contribution < -0.4 is 0 Å². The highest BCUT2D eigenvalue weighted by Crippen LogP contribution is 2.47. The molecule has 0 saturated heterocycles. The first kappa shape index (κ1) is 10.1. The van der Waals surface area contributed by atoms with Crippen molar-refractivity contribution < 1.29 is 9.84 Å². The number of hydrogen-bond acceptors (Lipinski definition) is 2. The molecular formula is C11H13BrO2. The molecular weight excluding hydrogens is 244 g/mol. The minimum absolute atomic E-state index is 0.560. The molecule has 0 heterocycles. The van der Waals surface area contributed by atoms with E-state index in [0.29, 0.717) is 6.61 Å². The number of halogens is 1. The Hall–Kier alpha value is -0.380. The van der Waals surface area contributed by atoms with Crippen molar-refractivity contribution in [2.45, 2.75) is 25.0 Å². The summed E-state index contributed by atoms with van der Waals surface area (Å²) in [6.45, 7) is 0.560. The molecule has 2 rings (SSSR count). The molecule has 0 atom stereocenters. The lowest BCUT2D eigenvalue weighted by Crippen LogP contribution is -2.09. The highest BCUT2D eigenvalue weighted by molar-refractivity contribution is 9.10. The van der Waals surface area contributed by atoms with Gasteiger partial charge in [0.2, 0.25) is 0 Å². The molecule has 1 aliphatic rings. The van der Waals surface area contributed by atoms with Gasteiger partial charge in [0.15, 0.2) is 0 Å². The molecule has 2 nitrogen and oxygen atoms in total. The van der Waals surface area contributed by atoms with E-state index >= 15 is 0 Å². The van der Waals surface area contributed by atoms with Gasteiger partial charge in [-0.2, -0.15) is 0 Å². The fourth-order valence-electron chi connectivity index (χ4n) is 1.65. The molecule has 1 saturated carbocycles. The first-order valence-electron chi connectivity index (χ1n) is 4.66. The first-order chi connectivity index (χ1) is 6.65. The number of rotatable bonds is 3. The zero-order valence-corrected chi connectivity index (χ0v) is 9.67. The van der Waals surface area contributed by atoms with Gasteiger partial charge < -0.3 is 9.84 Å². The molecule has 0 unspecified atom stereocenters. The molecule has 0 aromatic heterocycles. The van der Waals surface area contributed by atoms with Crippen LogP contribution in [0.15, 0.2) is 22.7 Å². The van der Waals surface area contributed by atoms with Crippen LogP contribution in [0.25, 0.3) is 0 Å². The summed E-state index contributed by atoms with van der Waals surface area (Å²) in [6.07, 6.45) is 1.72. The van der Waals surface area contributed by atoms with E-state index in [1.54, 1.807) is 7.11 Å². The molecule has 0 bridgehead atoms. The molecule has 1 aromatic carbocycles. The van der Waals surface area contributed by atoms with Crippen molar-refractivity contribution >= 4 is 15.9 Å². The van der Waals surface area contributed by atoms with Gasteiger partial charge >= 0.3 is 0 Å². The van der Waals surface area contributed by atoms with Gasteiger partial charge in [-0.05, 0) is 36.1 Å². The van der Waals surface area contributed by atoms with Crippen LogP contribution >= 0.6 is 15.9 Å². The van der Waals surface area contributed by atoms with Gasteiger partial charge in [-0.15, -0.1) is 0 Å². The zero-order chi connectivity index (χ0) is 10.2. The Morgan fingerprint density at radius 3 is 2.79 bits per heavy atom. The largest absolute Gasteiger partial charge is 0.385 e. The first-order valence-corrected chi connectivity index (χ1v) is 5.45. The summed E-state index contributed by atoms with van der Waals surface area (Å²) in [5, 5.41) is 10.1. The normalized spacial score (nSPS) is 18.2. The summed E-state index contributed by atoms with van der Waals surface area (Å²) < 4.78 is 6.11. The predicted molar refractivity (Wildman–Crippen MR) is 58.0 cm³/mol. The van der Waals surface area contributed by atoms with Crippen LogP contribution in [-0.4, -0.2) is 12.2 Å². The van der Waals surface area contributed by atoms with Gasteiger partial charge in [0.25, 0.3) is 0 Å². The quantitative estimate of drug-likeness (QED) is 0.901. The molecule has 0 radical (unpaired) electrons. The van der Waals surface area contributed by atoms with Gasteiger partial charge in [-0.3, -0.25) is 0 Å². The summed E-state index contributed by atoms with van der Waals surface area (Å²) in [4.78, 5) is 0. The maximum absolute atomic E-state index is 10.1. The van der Waals surface area contributed by atoms with Crippen molar-refractivity contribution in [3.8, 4) is 0 Å². The minimum Gasteiger partial charge on any atom is -0.385 e. The van der Waals surface area contributed by atoms with E-state index in [2.05, 4.69) is 15.9 Å². The Kier molecular flexibility index (Phi) is 2.64. The Balaban J connectivity index is 2.38. The SMILES string of the molecule is COCc1ccc(Br)cc1C1(O)CC1. The maximum Gasteiger partial charge on any atom is 0.0902 e. The third kappa shape index (κ3) is 1.85. The van der Waals surface area contributed by atoms with E-state index < -0.39 is 5.60 Å². The number of hydrogen-bond donors (Lipinski definition) is 1. The van der Waals surface area contributed by atoms with Crippen LogP contribution in [-0.2, 0) is 16.9 Å². The highest BCUT2D eigenvalue weighted by Gasteiger charge is 2.43. The molecule has 1 N–H and O–H groups in total. The van der Waals surface area contributed by atoms with Crippen LogP contribution in [0, 0.1) is 0 Å². The average Bonchev–Trinajstić information content (AvgIpc) is 2.89. The monoisotopic (exact) mass is 256 g/mol. The molecule has 1 aliphatic carbocycles. The van der Waals surface area contributed by atoms with E-state index in [1.165, 1.54) is 0 Å². The third-order valence-corrected chi connectivity index (χ3v) is 3.09. The zero-order valence-electron chi connectivity index (χ0n) is 8.09. The van der Waals surface area contributed by atoms with Gasteiger partial charge in [0.05, 0.1) is 12.2 Å². The molecule has 1 fully saturated rings. The fraction of sp³-hybridized carbons (Fsp3) is 0.455. The number of aliphatic hydroxyl groups is 1. The Morgan fingerprint density at radius 2 is 2.21 bits per heavy atom. The van der Waals surface area contributed by atoms with E-state index in [4.69, 9.17) is 4.74 Å². The summed E-state index contributed by atoms with van der Waals surface area (Å²) in [6, 6.07) is 5.96. The molecule has 0 spiro atoms. The topological polar surface area (TPSA) is 29.5 Å². The summed E-state index contributed by atoms with van der Waals surface area (Å²) in [5.74, 6) is 0. The average molecular weight is 257 g/mol. The van der Waals surface area contributed by atoms with E-state index in [9.17, 15) is 5.11 Å². The second kappa shape index (κ2) is 3.65. The lowest BCUT2D eigenvalue weighted by molar-refractivity contribution is 0.141. The minimum atomic E-state index is -0.586. The molecule has 76 valence electrons. The standard InChI is InChI=1S/C11H13BrO2/c1-14-7-8-2-3-9(12)6-10(8)11(13)4-5-11/h2-3,6,13H,4-5,7H2,1H3. The van der Waals surface area contributed by atoms with E-state index in [-0.39, 0.29) is 0 Å². The lowest BCUT2D eigenvalue weighted by Gasteiger charge is -2.14. The summed E-state index contributed by atoms with van der Waals surface area (Å²) in [5.41, 5.74) is 1.50. The van der Waals surface area contributed by atoms with Crippen LogP contribution in [0.2, 0.25) is 0 Å². The Morgan fingerprint density at radius 1 is 1.50 bits per heavy atom. The molecule has 0 amide bonds.